The summed E-state index contributed by atoms with van der Waals surface area (Å²) in [6, 6.07) is 59.8. The summed E-state index contributed by atoms with van der Waals surface area (Å²) in [5, 5.41) is 2.19. The van der Waals surface area contributed by atoms with E-state index in [1.165, 1.54) is 50.1 Å². The smallest absolute Gasteiger partial charge is 0.145 e. The van der Waals surface area contributed by atoms with E-state index in [0.29, 0.717) is 0 Å². The lowest BCUT2D eigenvalue weighted by Gasteiger charge is -2.32. The van der Waals surface area contributed by atoms with Crippen LogP contribution in [0, 0.1) is 6.92 Å². The van der Waals surface area contributed by atoms with E-state index < -0.39 is 5.41 Å². The number of aromatic nitrogens is 1. The van der Waals surface area contributed by atoms with E-state index in [2.05, 4.69) is 196 Å². The highest BCUT2D eigenvalue weighted by molar-refractivity contribution is 6.19. The molecule has 2 aliphatic rings. The van der Waals surface area contributed by atoms with E-state index in [-0.39, 0.29) is 5.41 Å². The van der Waals surface area contributed by atoms with Gasteiger partial charge in [-0.15, -0.1) is 0 Å². The van der Waals surface area contributed by atoms with E-state index in [1.54, 1.807) is 0 Å². The molecule has 2 heterocycles. The molecule has 0 saturated carbocycles. The molecule has 268 valence electrons. The molecule has 11 rings (SSSR count). The molecule has 0 saturated heterocycles. The van der Waals surface area contributed by atoms with Crippen molar-refractivity contribution < 1.29 is 4.42 Å². The van der Waals surface area contributed by atoms with Crippen LogP contribution in [0.4, 0.5) is 17.1 Å². The minimum Gasteiger partial charge on any atom is -0.455 e. The third kappa shape index (κ3) is 4.55. The summed E-state index contributed by atoms with van der Waals surface area (Å²) in [4.78, 5) is 7.78. The van der Waals surface area contributed by atoms with Crippen LogP contribution >= 0.6 is 0 Å². The summed E-state index contributed by atoms with van der Waals surface area (Å²) in [5.74, 6) is 0. The van der Waals surface area contributed by atoms with Gasteiger partial charge in [0, 0.05) is 34.1 Å². The van der Waals surface area contributed by atoms with Crippen molar-refractivity contribution in [1.29, 1.82) is 0 Å². The van der Waals surface area contributed by atoms with E-state index in [1.807, 2.05) is 6.20 Å². The third-order valence-electron chi connectivity index (χ3n) is 12.1. The molecule has 0 aliphatic heterocycles. The summed E-state index contributed by atoms with van der Waals surface area (Å²) in [6.07, 6.45) is 2.03. The van der Waals surface area contributed by atoms with Crippen molar-refractivity contribution in [2.75, 3.05) is 4.90 Å². The number of hydrogen-bond acceptors (Lipinski definition) is 3. The first-order valence-electron chi connectivity index (χ1n) is 19.5. The Morgan fingerprint density at radius 2 is 1.18 bits per heavy atom. The normalized spacial score (nSPS) is 15.2. The Labute approximate surface area is 327 Å². The van der Waals surface area contributed by atoms with Crippen molar-refractivity contribution in [2.45, 2.75) is 38.5 Å². The van der Waals surface area contributed by atoms with Gasteiger partial charge in [-0.25, -0.2) is 0 Å². The Morgan fingerprint density at radius 3 is 1.91 bits per heavy atom. The van der Waals surface area contributed by atoms with E-state index in [9.17, 15) is 0 Å². The van der Waals surface area contributed by atoms with Gasteiger partial charge in [0.25, 0.3) is 0 Å². The molecule has 0 radical (unpaired) electrons. The topological polar surface area (TPSA) is 29.3 Å². The van der Waals surface area contributed by atoms with Crippen molar-refractivity contribution in [3.63, 3.8) is 0 Å². The molecule has 56 heavy (non-hydrogen) atoms. The monoisotopic (exact) mass is 720 g/mol. The molecular formula is C53H40N2O. The summed E-state index contributed by atoms with van der Waals surface area (Å²) in [6.45, 7) is 8.95. The van der Waals surface area contributed by atoms with E-state index >= 15 is 0 Å². The maximum absolute atomic E-state index is 7.11. The van der Waals surface area contributed by atoms with E-state index in [4.69, 9.17) is 9.40 Å². The lowest BCUT2D eigenvalue weighted by atomic mass is 9.72. The first kappa shape index (κ1) is 32.7. The van der Waals surface area contributed by atoms with Gasteiger partial charge in [-0.1, -0.05) is 142 Å². The Bertz CT molecular complexity index is 3000. The molecule has 3 nitrogen and oxygen atoms in total. The van der Waals surface area contributed by atoms with Gasteiger partial charge in [0.05, 0.1) is 22.2 Å². The zero-order chi connectivity index (χ0) is 37.8. The second kappa shape index (κ2) is 11.9. The van der Waals surface area contributed by atoms with Crippen molar-refractivity contribution in [3.8, 4) is 33.4 Å². The van der Waals surface area contributed by atoms with Crippen LogP contribution in [0.15, 0.2) is 174 Å². The molecule has 2 aliphatic carbocycles. The van der Waals surface area contributed by atoms with Gasteiger partial charge in [-0.3, -0.25) is 4.98 Å². The van der Waals surface area contributed by atoms with Gasteiger partial charge in [0.15, 0.2) is 0 Å². The summed E-state index contributed by atoms with van der Waals surface area (Å²) >= 11 is 0. The zero-order valence-corrected chi connectivity index (χ0v) is 32.0. The molecule has 0 amide bonds. The molecule has 7 aromatic carbocycles. The Balaban J connectivity index is 1.27. The maximum Gasteiger partial charge on any atom is 0.145 e. The van der Waals surface area contributed by atoms with Gasteiger partial charge in [0.1, 0.15) is 11.2 Å². The summed E-state index contributed by atoms with van der Waals surface area (Å²) in [5.41, 5.74) is 18.8. The fourth-order valence-electron chi connectivity index (χ4n) is 9.55. The van der Waals surface area contributed by atoms with Gasteiger partial charge in [-0.2, -0.15) is 0 Å². The number of anilines is 3. The first-order valence-corrected chi connectivity index (χ1v) is 19.5. The Morgan fingerprint density at radius 1 is 0.571 bits per heavy atom. The lowest BCUT2D eigenvalue weighted by molar-refractivity contribution is 0.590. The summed E-state index contributed by atoms with van der Waals surface area (Å²) < 4.78 is 7.11. The number of para-hydroxylation sites is 1. The second-order valence-electron chi connectivity index (χ2n) is 16.4. The fraction of sp³-hybridized carbons (Fsp3) is 0.113. The van der Waals surface area contributed by atoms with Gasteiger partial charge in [0.2, 0.25) is 0 Å². The average molecular weight is 721 g/mol. The number of rotatable bonds is 4. The average Bonchev–Trinajstić information content (AvgIpc) is 3.85. The highest BCUT2D eigenvalue weighted by Gasteiger charge is 2.54. The SMILES string of the molecule is Cc1cnc2c(c1)-c1ccccc1C21c2ccccc2-c2c1cc(N(c1ccc(-c3ccccc3)cc1)c1ccc(C(C)(C)C)cc1)c1c2oc2ccccc21. The van der Waals surface area contributed by atoms with Crippen LogP contribution < -0.4 is 4.90 Å². The molecule has 0 fully saturated rings. The second-order valence-corrected chi connectivity index (χ2v) is 16.4. The standard InChI is InChI=1S/C53H40N2O/c1-33-30-42-39-16-8-11-19-43(39)53(51(42)54-32-33)44-20-12-9-17-40(44)48-45(53)31-46(49-41-18-10-13-21-47(41)56-50(48)49)55(38-28-24-36(25-29-38)52(2,3)4)37-26-22-35(23-27-37)34-14-6-5-7-15-34/h5-32H,1-4H3. The largest absolute Gasteiger partial charge is 0.455 e. The van der Waals surface area contributed by atoms with Crippen molar-refractivity contribution in [3.05, 3.63) is 203 Å². The van der Waals surface area contributed by atoms with Crippen LogP contribution in [0.2, 0.25) is 0 Å². The quantitative estimate of drug-likeness (QED) is 0.181. The van der Waals surface area contributed by atoms with Crippen molar-refractivity contribution in [1.82, 2.24) is 4.98 Å². The van der Waals surface area contributed by atoms with Crippen molar-refractivity contribution >= 4 is 39.0 Å². The minimum atomic E-state index is -0.633. The number of furan rings is 1. The minimum absolute atomic E-state index is 0.0229. The molecule has 2 aromatic heterocycles. The number of pyridine rings is 1. The van der Waals surface area contributed by atoms with Gasteiger partial charge < -0.3 is 9.32 Å². The number of fused-ring (bicyclic) bond motifs is 14. The highest BCUT2D eigenvalue weighted by atomic mass is 16.3. The van der Waals surface area contributed by atoms with Crippen LogP contribution in [-0.2, 0) is 10.8 Å². The first-order chi connectivity index (χ1) is 27.3. The van der Waals surface area contributed by atoms with Gasteiger partial charge in [-0.05, 0) is 105 Å². The molecule has 0 bridgehead atoms. The number of nitrogens with zero attached hydrogens (tertiary/aromatic N) is 2. The predicted molar refractivity (Wildman–Crippen MR) is 231 cm³/mol. The lowest BCUT2D eigenvalue weighted by Crippen LogP contribution is -2.27. The Hall–Kier alpha value is -6.71. The van der Waals surface area contributed by atoms with Crippen LogP contribution in [-0.4, -0.2) is 4.98 Å². The molecule has 0 N–H and O–H groups in total. The number of aryl methyl sites for hydroxylation is 1. The maximum atomic E-state index is 7.11. The van der Waals surface area contributed by atoms with Gasteiger partial charge >= 0.3 is 0 Å². The zero-order valence-electron chi connectivity index (χ0n) is 32.0. The number of benzene rings is 7. The molecule has 1 atom stereocenters. The molecule has 1 spiro atoms. The van der Waals surface area contributed by atoms with Crippen LogP contribution in [0.25, 0.3) is 55.3 Å². The summed E-state index contributed by atoms with van der Waals surface area (Å²) in [7, 11) is 0. The molecule has 3 heteroatoms. The molecule has 1 unspecified atom stereocenters. The fourth-order valence-corrected chi connectivity index (χ4v) is 9.55. The predicted octanol–water partition coefficient (Wildman–Crippen LogP) is 14.1. The number of hydrogen-bond donors (Lipinski definition) is 0. The highest BCUT2D eigenvalue weighted by Crippen LogP contribution is 2.65. The van der Waals surface area contributed by atoms with E-state index in [0.717, 1.165) is 55.8 Å². The van der Waals surface area contributed by atoms with Crippen molar-refractivity contribution in [2.24, 2.45) is 0 Å². The van der Waals surface area contributed by atoms with Crippen LogP contribution in [0.3, 0.4) is 0 Å². The van der Waals surface area contributed by atoms with Crippen LogP contribution in [0.5, 0.6) is 0 Å². The van der Waals surface area contributed by atoms with Crippen LogP contribution in [0.1, 0.15) is 54.3 Å². The Kier molecular flexibility index (Phi) is 6.94. The molecule has 9 aromatic rings. The molecular weight excluding hydrogens is 681 g/mol. The third-order valence-corrected chi connectivity index (χ3v) is 12.1.